The van der Waals surface area contributed by atoms with Gasteiger partial charge in [-0.1, -0.05) is 35.9 Å². The van der Waals surface area contributed by atoms with Gasteiger partial charge < -0.3 is 10.6 Å². The number of sulfone groups is 1. The van der Waals surface area contributed by atoms with E-state index in [1.807, 2.05) is 12.1 Å². The van der Waals surface area contributed by atoms with E-state index in [0.717, 1.165) is 5.56 Å². The number of halogens is 1. The van der Waals surface area contributed by atoms with Gasteiger partial charge >= 0.3 is 6.03 Å². The van der Waals surface area contributed by atoms with E-state index in [4.69, 9.17) is 11.6 Å². The van der Waals surface area contributed by atoms with Crippen molar-refractivity contribution in [3.63, 3.8) is 0 Å². The third-order valence-corrected chi connectivity index (χ3v) is 5.46. The largest absolute Gasteiger partial charge is 0.334 e. The molecule has 5 nitrogen and oxygen atoms in total. The molecule has 2 aromatic carbocycles. The highest BCUT2D eigenvalue weighted by atomic mass is 35.5. The van der Waals surface area contributed by atoms with Gasteiger partial charge in [0.15, 0.2) is 9.84 Å². The van der Waals surface area contributed by atoms with Crippen LogP contribution < -0.4 is 10.6 Å². The zero-order valence-electron chi connectivity index (χ0n) is 13.4. The highest BCUT2D eigenvalue weighted by Crippen LogP contribution is 2.22. The van der Waals surface area contributed by atoms with Gasteiger partial charge in [0.1, 0.15) is 0 Å². The van der Waals surface area contributed by atoms with Crippen LogP contribution in [0.3, 0.4) is 0 Å². The quantitative estimate of drug-likeness (QED) is 0.845. The molecule has 2 N–H and O–H groups in total. The fraction of sp³-hybridized carbons (Fsp3) is 0.235. The van der Waals surface area contributed by atoms with Crippen molar-refractivity contribution in [2.24, 2.45) is 0 Å². The average molecular weight is 367 g/mol. The Balaban J connectivity index is 1.91. The zero-order chi connectivity index (χ0) is 17.7. The highest BCUT2D eigenvalue weighted by Gasteiger charge is 2.16. The molecule has 0 spiro atoms. The zero-order valence-corrected chi connectivity index (χ0v) is 15.0. The Kier molecular flexibility index (Phi) is 5.85. The number of carbonyl (C=O) groups is 1. The van der Waals surface area contributed by atoms with Crippen molar-refractivity contribution in [2.75, 3.05) is 11.6 Å². The maximum atomic E-state index is 11.9. The molecule has 0 radical (unpaired) electrons. The van der Waals surface area contributed by atoms with Crippen molar-refractivity contribution < 1.29 is 13.2 Å². The van der Waals surface area contributed by atoms with E-state index in [1.54, 1.807) is 43.3 Å². The second-order valence-electron chi connectivity index (χ2n) is 5.53. The Labute approximate surface area is 147 Å². The lowest BCUT2D eigenvalue weighted by molar-refractivity contribution is 0.251. The summed E-state index contributed by atoms with van der Waals surface area (Å²) in [6, 6.07) is 13.6. The van der Waals surface area contributed by atoms with Crippen molar-refractivity contribution >= 4 is 33.2 Å². The summed E-state index contributed by atoms with van der Waals surface area (Å²) in [6.07, 6.45) is 1.20. The molecule has 0 aliphatic heterocycles. The molecule has 24 heavy (non-hydrogen) atoms. The minimum absolute atomic E-state index is 0.339. The predicted molar refractivity (Wildman–Crippen MR) is 97.0 cm³/mol. The van der Waals surface area contributed by atoms with Crippen LogP contribution in [0.5, 0.6) is 0 Å². The molecule has 0 unspecified atom stereocenters. The van der Waals surface area contributed by atoms with E-state index in [1.165, 1.54) is 6.26 Å². The number of carbonyl (C=O) groups excluding carboxylic acids is 1. The first-order valence-electron chi connectivity index (χ1n) is 7.34. The SMILES string of the molecule is C[C@H](c1ccc(NC(=O)NCc2ccc(Cl)cc2)cc1)S(C)(=O)=O. The van der Waals surface area contributed by atoms with Gasteiger partial charge in [0, 0.05) is 23.5 Å². The molecule has 2 aromatic rings. The molecular weight excluding hydrogens is 348 g/mol. The number of hydrogen-bond acceptors (Lipinski definition) is 3. The number of anilines is 1. The molecule has 2 rings (SSSR count). The minimum atomic E-state index is -3.14. The third kappa shape index (κ3) is 5.25. The van der Waals surface area contributed by atoms with Gasteiger partial charge in [-0.15, -0.1) is 0 Å². The summed E-state index contributed by atoms with van der Waals surface area (Å²) in [5.74, 6) is 0. The number of amides is 2. The lowest BCUT2D eigenvalue weighted by Gasteiger charge is -2.11. The highest BCUT2D eigenvalue weighted by molar-refractivity contribution is 7.90. The Morgan fingerprint density at radius 3 is 2.21 bits per heavy atom. The molecule has 0 bridgehead atoms. The predicted octanol–water partition coefficient (Wildman–Crippen LogP) is 3.77. The lowest BCUT2D eigenvalue weighted by atomic mass is 10.1. The van der Waals surface area contributed by atoms with Crippen molar-refractivity contribution in [3.05, 3.63) is 64.7 Å². The van der Waals surface area contributed by atoms with E-state index >= 15 is 0 Å². The van der Waals surface area contributed by atoms with Crippen LogP contribution in [0.4, 0.5) is 10.5 Å². The Hall–Kier alpha value is -2.05. The number of nitrogens with one attached hydrogen (secondary N) is 2. The summed E-state index contributed by atoms with van der Waals surface area (Å²) in [7, 11) is -3.14. The standard InChI is InChI=1S/C17H19ClN2O3S/c1-12(24(2,22)23)14-5-9-16(10-6-14)20-17(21)19-11-13-3-7-15(18)8-4-13/h3-10,12H,11H2,1-2H3,(H2,19,20,21)/t12-/m1/s1. The first kappa shape index (κ1) is 18.3. The fourth-order valence-electron chi connectivity index (χ4n) is 2.04. The van der Waals surface area contributed by atoms with Gasteiger partial charge in [0.2, 0.25) is 0 Å². The number of benzene rings is 2. The lowest BCUT2D eigenvalue weighted by Crippen LogP contribution is -2.28. The monoisotopic (exact) mass is 366 g/mol. The van der Waals surface area contributed by atoms with Crippen LogP contribution in [0.1, 0.15) is 23.3 Å². The molecule has 0 saturated heterocycles. The molecule has 0 saturated carbocycles. The summed E-state index contributed by atoms with van der Waals surface area (Å²) in [6.45, 7) is 2.02. The smallest absolute Gasteiger partial charge is 0.319 e. The third-order valence-electron chi connectivity index (χ3n) is 3.65. The second kappa shape index (κ2) is 7.68. The van der Waals surface area contributed by atoms with Gasteiger partial charge in [-0.05, 0) is 42.3 Å². The molecule has 0 aromatic heterocycles. The van der Waals surface area contributed by atoms with Crippen LogP contribution in [-0.4, -0.2) is 20.7 Å². The van der Waals surface area contributed by atoms with E-state index in [0.29, 0.717) is 22.8 Å². The molecule has 1 atom stereocenters. The average Bonchev–Trinajstić information content (AvgIpc) is 2.53. The molecule has 2 amide bonds. The summed E-state index contributed by atoms with van der Waals surface area (Å²) in [5.41, 5.74) is 2.21. The van der Waals surface area contributed by atoms with Crippen LogP contribution in [0.15, 0.2) is 48.5 Å². The maximum absolute atomic E-state index is 11.9. The molecule has 128 valence electrons. The van der Waals surface area contributed by atoms with Crippen LogP contribution in [0.25, 0.3) is 0 Å². The van der Waals surface area contributed by atoms with Gasteiger partial charge in [-0.3, -0.25) is 0 Å². The van der Waals surface area contributed by atoms with E-state index in [9.17, 15) is 13.2 Å². The van der Waals surface area contributed by atoms with Crippen LogP contribution in [0.2, 0.25) is 5.02 Å². The second-order valence-corrected chi connectivity index (χ2v) is 8.33. The first-order chi connectivity index (χ1) is 11.3. The van der Waals surface area contributed by atoms with Gasteiger partial charge in [0.25, 0.3) is 0 Å². The van der Waals surface area contributed by atoms with Crippen molar-refractivity contribution in [2.45, 2.75) is 18.7 Å². The molecule has 7 heteroatoms. The normalized spacial score (nSPS) is 12.5. The van der Waals surface area contributed by atoms with Crippen LogP contribution in [-0.2, 0) is 16.4 Å². The molecular formula is C17H19ClN2O3S. The molecule has 0 aliphatic rings. The van der Waals surface area contributed by atoms with E-state index in [2.05, 4.69) is 10.6 Å². The van der Waals surface area contributed by atoms with Crippen molar-refractivity contribution in [1.29, 1.82) is 0 Å². The first-order valence-corrected chi connectivity index (χ1v) is 9.67. The number of rotatable bonds is 5. The summed E-state index contributed by atoms with van der Waals surface area (Å²) in [5, 5.41) is 5.51. The maximum Gasteiger partial charge on any atom is 0.319 e. The van der Waals surface area contributed by atoms with Crippen LogP contribution in [0, 0.1) is 0 Å². The van der Waals surface area contributed by atoms with E-state index < -0.39 is 15.1 Å². The summed E-state index contributed by atoms with van der Waals surface area (Å²) in [4.78, 5) is 11.9. The molecule has 0 fully saturated rings. The number of urea groups is 1. The Morgan fingerprint density at radius 1 is 1.08 bits per heavy atom. The molecule has 0 aliphatic carbocycles. The van der Waals surface area contributed by atoms with Gasteiger partial charge in [-0.25, -0.2) is 13.2 Å². The topological polar surface area (TPSA) is 75.3 Å². The summed E-state index contributed by atoms with van der Waals surface area (Å²) >= 11 is 5.81. The van der Waals surface area contributed by atoms with Crippen LogP contribution >= 0.6 is 11.6 Å². The van der Waals surface area contributed by atoms with E-state index in [-0.39, 0.29) is 6.03 Å². The van der Waals surface area contributed by atoms with Gasteiger partial charge in [-0.2, -0.15) is 0 Å². The Morgan fingerprint density at radius 2 is 1.67 bits per heavy atom. The van der Waals surface area contributed by atoms with Crippen molar-refractivity contribution in [3.8, 4) is 0 Å². The Bertz CT molecular complexity index is 803. The summed E-state index contributed by atoms with van der Waals surface area (Å²) < 4.78 is 23.1. The van der Waals surface area contributed by atoms with Crippen molar-refractivity contribution in [1.82, 2.24) is 5.32 Å². The minimum Gasteiger partial charge on any atom is -0.334 e. The number of hydrogen-bond donors (Lipinski definition) is 2. The molecule has 0 heterocycles. The fourth-order valence-corrected chi connectivity index (χ4v) is 2.82. The van der Waals surface area contributed by atoms with Gasteiger partial charge in [0.05, 0.1) is 5.25 Å².